The third-order valence-corrected chi connectivity index (χ3v) is 4.48. The Balaban J connectivity index is 1.56. The van der Waals surface area contributed by atoms with Crippen LogP contribution in [-0.2, 0) is 13.1 Å². The molecular weight excluding hydrogens is 360 g/mol. The van der Waals surface area contributed by atoms with Gasteiger partial charge < -0.3 is 15.1 Å². The summed E-state index contributed by atoms with van der Waals surface area (Å²) in [6, 6.07) is 19.1. The number of hydrogen-bond donors (Lipinski definition) is 2. The second-order valence-corrected chi connectivity index (χ2v) is 6.71. The second-order valence-electron chi connectivity index (χ2n) is 6.31. The highest BCUT2D eigenvalue weighted by Gasteiger charge is 2.08. The maximum absolute atomic E-state index is 12.1. The van der Waals surface area contributed by atoms with Crippen molar-refractivity contribution in [2.24, 2.45) is 0 Å². The summed E-state index contributed by atoms with van der Waals surface area (Å²) >= 11 is 6.22. The van der Waals surface area contributed by atoms with Crippen molar-refractivity contribution in [3.8, 4) is 11.3 Å². The molecule has 0 radical (unpaired) electrons. The number of amides is 1. The van der Waals surface area contributed by atoms with E-state index in [9.17, 15) is 4.79 Å². The Labute approximate surface area is 164 Å². The fourth-order valence-corrected chi connectivity index (χ4v) is 3.00. The van der Waals surface area contributed by atoms with E-state index in [-0.39, 0.29) is 5.91 Å². The van der Waals surface area contributed by atoms with Gasteiger partial charge in [-0.15, -0.1) is 0 Å². The summed E-state index contributed by atoms with van der Waals surface area (Å²) in [5.41, 5.74) is 2.62. The smallest absolute Gasteiger partial charge is 0.251 e. The lowest BCUT2D eigenvalue weighted by atomic mass is 10.1. The molecule has 1 amide bonds. The average molecular weight is 383 g/mol. The van der Waals surface area contributed by atoms with Gasteiger partial charge in [0.25, 0.3) is 5.91 Å². The summed E-state index contributed by atoms with van der Waals surface area (Å²) in [6.45, 7) is 3.97. The minimum absolute atomic E-state index is 0.0332. The number of nitrogens with one attached hydrogen (secondary N) is 2. The van der Waals surface area contributed by atoms with Gasteiger partial charge in [0.1, 0.15) is 11.5 Å². The Morgan fingerprint density at radius 1 is 1.04 bits per heavy atom. The van der Waals surface area contributed by atoms with E-state index in [0.717, 1.165) is 29.1 Å². The van der Waals surface area contributed by atoms with Crippen LogP contribution < -0.4 is 10.6 Å². The summed E-state index contributed by atoms with van der Waals surface area (Å²) in [6.07, 6.45) is 0.923. The van der Waals surface area contributed by atoms with Crippen LogP contribution in [-0.4, -0.2) is 12.5 Å². The molecule has 0 aliphatic carbocycles. The third kappa shape index (κ3) is 5.22. The van der Waals surface area contributed by atoms with E-state index in [4.69, 9.17) is 16.0 Å². The molecular formula is C22H23ClN2O2. The van der Waals surface area contributed by atoms with Gasteiger partial charge in [-0.05, 0) is 48.4 Å². The van der Waals surface area contributed by atoms with Crippen LogP contribution in [0, 0.1) is 0 Å². The minimum atomic E-state index is -0.0332. The van der Waals surface area contributed by atoms with Gasteiger partial charge >= 0.3 is 0 Å². The number of furan rings is 1. The molecule has 5 heteroatoms. The standard InChI is InChI=1S/C22H23ClN2O2/c1-2-12-25-22(26)17-7-5-6-16(13-17)14-24-15-18-10-11-21(27-18)19-8-3-4-9-20(19)23/h3-11,13,24H,2,12,14-15H2,1H3,(H,25,26). The largest absolute Gasteiger partial charge is 0.460 e. The van der Waals surface area contributed by atoms with Gasteiger partial charge in [0.2, 0.25) is 0 Å². The van der Waals surface area contributed by atoms with E-state index in [2.05, 4.69) is 10.6 Å². The van der Waals surface area contributed by atoms with Crippen LogP contribution in [0.25, 0.3) is 11.3 Å². The Bertz CT molecular complexity index is 905. The van der Waals surface area contributed by atoms with Gasteiger partial charge in [-0.1, -0.05) is 42.8 Å². The van der Waals surface area contributed by atoms with Gasteiger partial charge in [0.15, 0.2) is 0 Å². The summed E-state index contributed by atoms with van der Waals surface area (Å²) in [7, 11) is 0. The fraction of sp³-hybridized carbons (Fsp3) is 0.227. The first-order valence-corrected chi connectivity index (χ1v) is 9.46. The van der Waals surface area contributed by atoms with E-state index < -0.39 is 0 Å². The average Bonchev–Trinajstić information content (AvgIpc) is 3.15. The van der Waals surface area contributed by atoms with Gasteiger partial charge in [-0.3, -0.25) is 4.79 Å². The van der Waals surface area contributed by atoms with Gasteiger partial charge in [-0.25, -0.2) is 0 Å². The van der Waals surface area contributed by atoms with Crippen molar-refractivity contribution < 1.29 is 9.21 Å². The summed E-state index contributed by atoms with van der Waals surface area (Å²) in [5.74, 6) is 1.56. The summed E-state index contributed by atoms with van der Waals surface area (Å²) < 4.78 is 5.88. The molecule has 0 unspecified atom stereocenters. The molecule has 0 spiro atoms. The number of halogens is 1. The Hall–Kier alpha value is -2.56. The number of carbonyl (C=O) groups excluding carboxylic acids is 1. The topological polar surface area (TPSA) is 54.3 Å². The van der Waals surface area contributed by atoms with Crippen molar-refractivity contribution in [1.82, 2.24) is 10.6 Å². The lowest BCUT2D eigenvalue weighted by molar-refractivity contribution is 0.0953. The molecule has 2 aromatic carbocycles. The highest BCUT2D eigenvalue weighted by molar-refractivity contribution is 6.33. The fourth-order valence-electron chi connectivity index (χ4n) is 2.77. The maximum atomic E-state index is 12.1. The van der Waals surface area contributed by atoms with Crippen molar-refractivity contribution in [2.75, 3.05) is 6.54 Å². The third-order valence-electron chi connectivity index (χ3n) is 4.15. The zero-order valence-corrected chi connectivity index (χ0v) is 16.1. The van der Waals surface area contributed by atoms with Crippen LogP contribution in [0.4, 0.5) is 0 Å². The molecule has 0 saturated carbocycles. The lowest BCUT2D eigenvalue weighted by Crippen LogP contribution is -2.24. The van der Waals surface area contributed by atoms with Crippen LogP contribution in [0.15, 0.2) is 65.1 Å². The molecule has 3 rings (SSSR count). The first kappa shape index (κ1) is 19.2. The molecule has 0 atom stereocenters. The number of carbonyl (C=O) groups is 1. The summed E-state index contributed by atoms with van der Waals surface area (Å²) in [5, 5.41) is 6.91. The second kappa shape index (κ2) is 9.40. The van der Waals surface area contributed by atoms with Crippen LogP contribution >= 0.6 is 11.6 Å². The Kier molecular flexibility index (Phi) is 6.69. The number of hydrogen-bond acceptors (Lipinski definition) is 3. The molecule has 2 N–H and O–H groups in total. The van der Waals surface area contributed by atoms with Gasteiger partial charge in [-0.2, -0.15) is 0 Å². The SMILES string of the molecule is CCCNC(=O)c1cccc(CNCc2ccc(-c3ccccc3Cl)o2)c1. The van der Waals surface area contributed by atoms with E-state index in [1.807, 2.05) is 67.6 Å². The summed E-state index contributed by atoms with van der Waals surface area (Å²) in [4.78, 5) is 12.1. The molecule has 3 aromatic rings. The van der Waals surface area contributed by atoms with E-state index in [1.54, 1.807) is 0 Å². The highest BCUT2D eigenvalue weighted by Crippen LogP contribution is 2.28. The monoisotopic (exact) mass is 382 g/mol. The van der Waals surface area contributed by atoms with Gasteiger partial charge in [0.05, 0.1) is 11.6 Å². The minimum Gasteiger partial charge on any atom is -0.460 e. The maximum Gasteiger partial charge on any atom is 0.251 e. The molecule has 140 valence electrons. The van der Waals surface area contributed by atoms with E-state index in [1.165, 1.54) is 0 Å². The number of benzene rings is 2. The zero-order valence-electron chi connectivity index (χ0n) is 15.3. The molecule has 1 aromatic heterocycles. The highest BCUT2D eigenvalue weighted by atomic mass is 35.5. The molecule has 0 bridgehead atoms. The Morgan fingerprint density at radius 2 is 1.89 bits per heavy atom. The quantitative estimate of drug-likeness (QED) is 0.574. The molecule has 0 fully saturated rings. The first-order chi connectivity index (χ1) is 13.2. The van der Waals surface area contributed by atoms with Crippen molar-refractivity contribution in [3.05, 3.63) is 82.6 Å². The predicted molar refractivity (Wildman–Crippen MR) is 109 cm³/mol. The predicted octanol–water partition coefficient (Wildman–Crippen LogP) is 5.03. The van der Waals surface area contributed by atoms with Crippen molar-refractivity contribution in [1.29, 1.82) is 0 Å². The normalized spacial score (nSPS) is 10.7. The first-order valence-electron chi connectivity index (χ1n) is 9.09. The van der Waals surface area contributed by atoms with Crippen molar-refractivity contribution in [3.63, 3.8) is 0 Å². The molecule has 27 heavy (non-hydrogen) atoms. The molecule has 4 nitrogen and oxygen atoms in total. The Morgan fingerprint density at radius 3 is 2.70 bits per heavy atom. The van der Waals surface area contributed by atoms with Crippen LogP contribution in [0.2, 0.25) is 5.02 Å². The van der Waals surface area contributed by atoms with Crippen LogP contribution in [0.1, 0.15) is 35.0 Å². The van der Waals surface area contributed by atoms with Gasteiger partial charge in [0, 0.05) is 24.2 Å². The van der Waals surface area contributed by atoms with Crippen molar-refractivity contribution >= 4 is 17.5 Å². The lowest BCUT2D eigenvalue weighted by Gasteiger charge is -2.07. The van der Waals surface area contributed by atoms with Crippen LogP contribution in [0.5, 0.6) is 0 Å². The van der Waals surface area contributed by atoms with Crippen LogP contribution in [0.3, 0.4) is 0 Å². The molecule has 0 saturated heterocycles. The molecule has 0 aliphatic rings. The molecule has 0 aliphatic heterocycles. The number of rotatable bonds is 8. The molecule has 1 heterocycles. The van der Waals surface area contributed by atoms with E-state index >= 15 is 0 Å². The van der Waals surface area contributed by atoms with E-state index in [0.29, 0.717) is 30.2 Å². The zero-order chi connectivity index (χ0) is 19.1. The van der Waals surface area contributed by atoms with Crippen molar-refractivity contribution in [2.45, 2.75) is 26.4 Å².